The van der Waals surface area contributed by atoms with Crippen molar-refractivity contribution < 1.29 is 9.59 Å². The normalized spacial score (nSPS) is 15.6. The van der Waals surface area contributed by atoms with Crippen molar-refractivity contribution in [3.8, 4) is 0 Å². The number of allylic oxidation sites excluding steroid dienone is 2. The second-order valence-corrected chi connectivity index (χ2v) is 4.43. The lowest BCUT2D eigenvalue weighted by molar-refractivity contribution is 0.0669. The summed E-state index contributed by atoms with van der Waals surface area (Å²) >= 11 is 0. The molecule has 0 radical (unpaired) electrons. The van der Waals surface area contributed by atoms with Crippen molar-refractivity contribution in [2.24, 2.45) is 5.73 Å². The molecule has 0 fully saturated rings. The van der Waals surface area contributed by atoms with Gasteiger partial charge in [-0.05, 0) is 30.7 Å². The first-order valence-corrected chi connectivity index (χ1v) is 6.29. The summed E-state index contributed by atoms with van der Waals surface area (Å²) in [5, 5.41) is 0. The maximum atomic E-state index is 12.2. The zero-order valence-electron chi connectivity index (χ0n) is 11.3. The largest absolute Gasteiger partial charge is 0.398 e. The summed E-state index contributed by atoms with van der Waals surface area (Å²) in [5.41, 5.74) is 7.87. The second kappa shape index (κ2) is 5.57. The Morgan fingerprint density at radius 1 is 1.25 bits per heavy atom. The lowest BCUT2D eigenvalue weighted by Crippen LogP contribution is -2.32. The van der Waals surface area contributed by atoms with Gasteiger partial charge in [-0.2, -0.15) is 0 Å². The SMILES string of the molecule is C=C/C(N)=C(\C=C/C)CN1C(=O)c2ccccc2C1=O. The maximum absolute atomic E-state index is 12.2. The van der Waals surface area contributed by atoms with E-state index in [-0.39, 0.29) is 18.4 Å². The molecule has 1 aliphatic rings. The molecular weight excluding hydrogens is 252 g/mol. The second-order valence-electron chi connectivity index (χ2n) is 4.43. The van der Waals surface area contributed by atoms with E-state index in [2.05, 4.69) is 6.58 Å². The van der Waals surface area contributed by atoms with Crippen LogP contribution < -0.4 is 5.73 Å². The Kier molecular flexibility index (Phi) is 3.84. The fourth-order valence-electron chi connectivity index (χ4n) is 2.13. The minimum absolute atomic E-state index is 0.147. The predicted octanol–water partition coefficient (Wildman–Crippen LogP) is 2.26. The summed E-state index contributed by atoms with van der Waals surface area (Å²) in [5.74, 6) is -0.575. The van der Waals surface area contributed by atoms with Crippen LogP contribution in [-0.2, 0) is 0 Å². The van der Waals surface area contributed by atoms with Crippen LogP contribution in [0.4, 0.5) is 0 Å². The van der Waals surface area contributed by atoms with Gasteiger partial charge in [0.05, 0.1) is 17.7 Å². The average Bonchev–Trinajstić information content (AvgIpc) is 2.71. The summed E-state index contributed by atoms with van der Waals surface area (Å²) < 4.78 is 0. The number of carbonyl (C=O) groups excluding carboxylic acids is 2. The predicted molar refractivity (Wildman–Crippen MR) is 78.0 cm³/mol. The van der Waals surface area contributed by atoms with Crippen molar-refractivity contribution in [1.82, 2.24) is 4.90 Å². The molecule has 0 aliphatic carbocycles. The first-order valence-electron chi connectivity index (χ1n) is 6.29. The van der Waals surface area contributed by atoms with Crippen LogP contribution in [0.5, 0.6) is 0 Å². The van der Waals surface area contributed by atoms with Gasteiger partial charge in [-0.1, -0.05) is 30.9 Å². The van der Waals surface area contributed by atoms with Gasteiger partial charge in [0.1, 0.15) is 0 Å². The lowest BCUT2D eigenvalue weighted by atomic mass is 10.1. The van der Waals surface area contributed by atoms with E-state index in [0.717, 1.165) is 0 Å². The Morgan fingerprint density at radius 3 is 2.25 bits per heavy atom. The van der Waals surface area contributed by atoms with E-state index in [1.807, 2.05) is 13.0 Å². The number of carbonyl (C=O) groups is 2. The van der Waals surface area contributed by atoms with E-state index in [0.29, 0.717) is 22.4 Å². The van der Waals surface area contributed by atoms with Crippen LogP contribution in [0.15, 0.2) is 60.3 Å². The molecule has 2 rings (SSSR count). The van der Waals surface area contributed by atoms with Crippen LogP contribution in [0.25, 0.3) is 0 Å². The fraction of sp³-hybridized carbons (Fsp3) is 0.125. The molecule has 2 N–H and O–H groups in total. The zero-order valence-corrected chi connectivity index (χ0v) is 11.3. The molecule has 4 heteroatoms. The molecule has 4 nitrogen and oxygen atoms in total. The summed E-state index contributed by atoms with van der Waals surface area (Å²) in [6, 6.07) is 6.81. The molecule has 0 atom stereocenters. The molecule has 1 aliphatic heterocycles. The third-order valence-corrected chi connectivity index (χ3v) is 3.17. The zero-order chi connectivity index (χ0) is 14.7. The minimum atomic E-state index is -0.288. The van der Waals surface area contributed by atoms with Crippen LogP contribution in [0, 0.1) is 0 Å². The first-order chi connectivity index (χ1) is 9.60. The number of rotatable bonds is 4. The van der Waals surface area contributed by atoms with E-state index >= 15 is 0 Å². The molecular formula is C16H16N2O2. The molecule has 102 valence electrons. The summed E-state index contributed by atoms with van der Waals surface area (Å²) in [6.45, 7) is 5.60. The number of imide groups is 1. The first kappa shape index (κ1) is 13.8. The quantitative estimate of drug-likeness (QED) is 0.673. The van der Waals surface area contributed by atoms with Gasteiger partial charge in [-0.3, -0.25) is 14.5 Å². The standard InChI is InChI=1S/C16H16N2O2/c1-3-7-11(14(17)4-2)10-18-15(19)12-8-5-6-9-13(12)16(18)20/h3-9H,2,10,17H2,1H3/b7-3-,14-11-. The van der Waals surface area contributed by atoms with Crippen LogP contribution in [-0.4, -0.2) is 23.3 Å². The number of hydrogen-bond acceptors (Lipinski definition) is 3. The van der Waals surface area contributed by atoms with Crippen LogP contribution in [0.1, 0.15) is 27.6 Å². The molecule has 1 aromatic rings. The van der Waals surface area contributed by atoms with Gasteiger partial charge in [0.2, 0.25) is 0 Å². The smallest absolute Gasteiger partial charge is 0.261 e. The molecule has 1 aromatic carbocycles. The molecule has 2 amide bonds. The van der Waals surface area contributed by atoms with Crippen LogP contribution in [0.3, 0.4) is 0 Å². The van der Waals surface area contributed by atoms with Gasteiger partial charge in [-0.15, -0.1) is 0 Å². The third-order valence-electron chi connectivity index (χ3n) is 3.17. The van der Waals surface area contributed by atoms with E-state index in [4.69, 9.17) is 5.73 Å². The molecule has 0 spiro atoms. The van der Waals surface area contributed by atoms with E-state index in [9.17, 15) is 9.59 Å². The Hall–Kier alpha value is -2.62. The van der Waals surface area contributed by atoms with Crippen molar-refractivity contribution >= 4 is 11.8 Å². The molecule has 0 saturated carbocycles. The monoisotopic (exact) mass is 268 g/mol. The van der Waals surface area contributed by atoms with Crippen molar-refractivity contribution in [2.45, 2.75) is 6.92 Å². The van der Waals surface area contributed by atoms with Crippen LogP contribution in [0.2, 0.25) is 0 Å². The number of hydrogen-bond donors (Lipinski definition) is 1. The number of benzene rings is 1. The molecule has 0 saturated heterocycles. The number of nitrogens with zero attached hydrogens (tertiary/aromatic N) is 1. The number of nitrogens with two attached hydrogens (primary N) is 1. The third kappa shape index (κ3) is 2.28. The Morgan fingerprint density at radius 2 is 1.80 bits per heavy atom. The highest BCUT2D eigenvalue weighted by Gasteiger charge is 2.35. The minimum Gasteiger partial charge on any atom is -0.398 e. The van der Waals surface area contributed by atoms with Crippen molar-refractivity contribution in [1.29, 1.82) is 0 Å². The Bertz CT molecular complexity index is 607. The molecule has 0 unspecified atom stereocenters. The van der Waals surface area contributed by atoms with Gasteiger partial charge < -0.3 is 5.73 Å². The highest BCUT2D eigenvalue weighted by atomic mass is 16.2. The molecule has 1 heterocycles. The van der Waals surface area contributed by atoms with Gasteiger partial charge in [0, 0.05) is 5.70 Å². The molecule has 0 aromatic heterocycles. The van der Waals surface area contributed by atoms with Gasteiger partial charge in [0.25, 0.3) is 11.8 Å². The average molecular weight is 268 g/mol. The summed E-state index contributed by atoms with van der Waals surface area (Å²) in [6.07, 6.45) is 5.10. The van der Waals surface area contributed by atoms with Crippen molar-refractivity contribution in [3.05, 3.63) is 71.5 Å². The Labute approximate surface area is 117 Å². The topological polar surface area (TPSA) is 63.4 Å². The van der Waals surface area contributed by atoms with E-state index in [1.165, 1.54) is 11.0 Å². The number of amides is 2. The maximum Gasteiger partial charge on any atom is 0.261 e. The van der Waals surface area contributed by atoms with E-state index < -0.39 is 0 Å². The number of fused-ring (bicyclic) bond motifs is 1. The molecule has 20 heavy (non-hydrogen) atoms. The van der Waals surface area contributed by atoms with Gasteiger partial charge >= 0.3 is 0 Å². The Balaban J connectivity index is 2.35. The van der Waals surface area contributed by atoms with E-state index in [1.54, 1.807) is 30.3 Å². The summed E-state index contributed by atoms with van der Waals surface area (Å²) in [4.78, 5) is 25.7. The molecule has 0 bridgehead atoms. The lowest BCUT2D eigenvalue weighted by Gasteiger charge is -2.15. The van der Waals surface area contributed by atoms with Gasteiger partial charge in [-0.25, -0.2) is 0 Å². The van der Waals surface area contributed by atoms with Gasteiger partial charge in [0.15, 0.2) is 0 Å². The van der Waals surface area contributed by atoms with Crippen molar-refractivity contribution in [2.75, 3.05) is 6.54 Å². The highest BCUT2D eigenvalue weighted by Crippen LogP contribution is 2.23. The summed E-state index contributed by atoms with van der Waals surface area (Å²) in [7, 11) is 0. The fourth-order valence-corrected chi connectivity index (χ4v) is 2.13. The highest BCUT2D eigenvalue weighted by molar-refractivity contribution is 6.21. The van der Waals surface area contributed by atoms with Crippen molar-refractivity contribution in [3.63, 3.8) is 0 Å². The van der Waals surface area contributed by atoms with Crippen LogP contribution >= 0.6 is 0 Å².